The number of benzene rings is 1. The molecule has 0 fully saturated rings. The lowest BCUT2D eigenvalue weighted by molar-refractivity contribution is -0.138. The van der Waals surface area contributed by atoms with Gasteiger partial charge in [0.05, 0.1) is 17.1 Å². The number of carbonyl (C=O) groups excluding carboxylic acids is 1. The van der Waals surface area contributed by atoms with Crippen molar-refractivity contribution in [3.63, 3.8) is 0 Å². The number of imidazole rings is 1. The van der Waals surface area contributed by atoms with Crippen molar-refractivity contribution in [3.8, 4) is 0 Å². The van der Waals surface area contributed by atoms with Crippen molar-refractivity contribution in [3.05, 3.63) is 52.0 Å². The fourth-order valence-corrected chi connectivity index (χ4v) is 4.74. The molecule has 0 spiro atoms. The largest absolute Gasteiger partial charge is 0.347 e. The van der Waals surface area contributed by atoms with Crippen LogP contribution in [-0.4, -0.2) is 28.1 Å². The highest BCUT2D eigenvalue weighted by molar-refractivity contribution is 7.09. The van der Waals surface area contributed by atoms with E-state index in [0.29, 0.717) is 18.0 Å². The first-order chi connectivity index (χ1) is 15.1. The molecule has 2 aromatic heterocycles. The number of amides is 1. The van der Waals surface area contributed by atoms with Gasteiger partial charge in [-0.2, -0.15) is 4.94 Å². The van der Waals surface area contributed by atoms with Gasteiger partial charge in [-0.05, 0) is 53.4 Å². The zero-order valence-electron chi connectivity index (χ0n) is 18.6. The number of fused-ring (bicyclic) bond motifs is 1. The second-order valence-corrected chi connectivity index (χ2v) is 8.95. The summed E-state index contributed by atoms with van der Waals surface area (Å²) in [5, 5.41) is 4.98. The summed E-state index contributed by atoms with van der Waals surface area (Å²) in [4.78, 5) is 22.8. The van der Waals surface area contributed by atoms with Gasteiger partial charge in [-0.25, -0.2) is 4.98 Å². The van der Waals surface area contributed by atoms with Crippen molar-refractivity contribution in [2.24, 2.45) is 0 Å². The Bertz CT molecular complexity index is 967. The number of aromatic nitrogens is 2. The van der Waals surface area contributed by atoms with Crippen LogP contribution in [0, 0.1) is 0 Å². The predicted molar refractivity (Wildman–Crippen MR) is 124 cm³/mol. The van der Waals surface area contributed by atoms with Crippen molar-refractivity contribution in [2.45, 2.75) is 71.4 Å². The molecule has 3 rings (SSSR count). The number of nitrogens with one attached hydrogen (secondary N) is 1. The number of hydrogen-bond acceptors (Lipinski definition) is 4. The van der Waals surface area contributed by atoms with Crippen LogP contribution in [-0.2, 0) is 11.4 Å². The fourth-order valence-electron chi connectivity index (χ4n) is 4.04. The van der Waals surface area contributed by atoms with Crippen LogP contribution >= 0.6 is 11.3 Å². The smallest absolute Gasteiger partial charge is 0.251 e. The maximum absolute atomic E-state index is 12.8. The van der Waals surface area contributed by atoms with E-state index < -0.39 is 0 Å². The molecule has 3 aromatic rings. The average Bonchev–Trinajstić information content (AvgIpc) is 3.41. The third kappa shape index (κ3) is 5.71. The van der Waals surface area contributed by atoms with Crippen LogP contribution in [0.25, 0.3) is 11.0 Å². The predicted octanol–water partition coefficient (Wildman–Crippen LogP) is 6.24. The van der Waals surface area contributed by atoms with E-state index in [9.17, 15) is 9.32 Å². The summed E-state index contributed by atoms with van der Waals surface area (Å²) < 4.78 is 14.7. The van der Waals surface area contributed by atoms with Crippen molar-refractivity contribution in [1.29, 1.82) is 0 Å². The van der Waals surface area contributed by atoms with Crippen molar-refractivity contribution in [2.75, 3.05) is 6.61 Å². The van der Waals surface area contributed by atoms with Gasteiger partial charge in [0.1, 0.15) is 12.4 Å². The molecule has 0 aliphatic heterocycles. The normalized spacial score (nSPS) is 12.5. The number of halogens is 1. The Morgan fingerprint density at radius 1 is 1.26 bits per heavy atom. The summed E-state index contributed by atoms with van der Waals surface area (Å²) in [6.07, 6.45) is 5.37. The zero-order valence-corrected chi connectivity index (χ0v) is 19.4. The Morgan fingerprint density at radius 3 is 2.71 bits per heavy atom. The SMILES string of the molecule is CCCCC(COF)NC(=O)c1ccc2c(c1)nc(Cc1cccs1)n2C(CC)CC. The van der Waals surface area contributed by atoms with Crippen LogP contribution < -0.4 is 5.32 Å². The highest BCUT2D eigenvalue weighted by Crippen LogP contribution is 2.28. The third-order valence-corrected chi connectivity index (χ3v) is 6.63. The maximum atomic E-state index is 12.8. The van der Waals surface area contributed by atoms with E-state index in [4.69, 9.17) is 4.98 Å². The van der Waals surface area contributed by atoms with Crippen LogP contribution in [0.4, 0.5) is 4.53 Å². The molecule has 7 heteroatoms. The monoisotopic (exact) mass is 445 g/mol. The fraction of sp³-hybridized carbons (Fsp3) is 0.500. The van der Waals surface area contributed by atoms with Crippen LogP contribution in [0.15, 0.2) is 35.7 Å². The Balaban J connectivity index is 1.91. The van der Waals surface area contributed by atoms with Gasteiger partial charge in [0.2, 0.25) is 0 Å². The quantitative estimate of drug-likeness (QED) is 0.359. The van der Waals surface area contributed by atoms with Gasteiger partial charge >= 0.3 is 0 Å². The first-order valence-electron chi connectivity index (χ1n) is 11.2. The number of carbonyl (C=O) groups is 1. The van der Waals surface area contributed by atoms with Gasteiger partial charge in [0.25, 0.3) is 5.91 Å². The van der Waals surface area contributed by atoms with Gasteiger partial charge in [-0.3, -0.25) is 4.79 Å². The Kier molecular flexibility index (Phi) is 8.60. The lowest BCUT2D eigenvalue weighted by Crippen LogP contribution is -2.37. The molecular formula is C24H32FN3O2S. The van der Waals surface area contributed by atoms with Gasteiger partial charge in [-0.1, -0.05) is 39.7 Å². The molecule has 168 valence electrons. The van der Waals surface area contributed by atoms with Crippen LogP contribution in [0.2, 0.25) is 0 Å². The zero-order chi connectivity index (χ0) is 22.2. The first kappa shape index (κ1) is 23.4. The minimum Gasteiger partial charge on any atom is -0.347 e. The summed E-state index contributed by atoms with van der Waals surface area (Å²) in [6.45, 7) is 6.32. The highest BCUT2D eigenvalue weighted by atomic mass is 32.1. The number of rotatable bonds is 12. The van der Waals surface area contributed by atoms with Gasteiger partial charge < -0.3 is 9.88 Å². The van der Waals surface area contributed by atoms with Crippen LogP contribution in [0.1, 0.15) is 80.0 Å². The molecule has 31 heavy (non-hydrogen) atoms. The molecule has 0 bridgehead atoms. The molecular weight excluding hydrogens is 413 g/mol. The molecule has 0 saturated carbocycles. The second-order valence-electron chi connectivity index (χ2n) is 7.92. The molecule has 5 nitrogen and oxygen atoms in total. The average molecular weight is 446 g/mol. The summed E-state index contributed by atoms with van der Waals surface area (Å²) in [5.74, 6) is 0.798. The minimum atomic E-state index is -0.343. The molecule has 1 N–H and O–H groups in total. The summed E-state index contributed by atoms with van der Waals surface area (Å²) in [7, 11) is 0. The summed E-state index contributed by atoms with van der Waals surface area (Å²) >= 11 is 1.73. The minimum absolute atomic E-state index is 0.137. The van der Waals surface area contributed by atoms with Crippen molar-refractivity contribution >= 4 is 28.3 Å². The highest BCUT2D eigenvalue weighted by Gasteiger charge is 2.20. The van der Waals surface area contributed by atoms with Gasteiger partial charge in [0, 0.05) is 22.9 Å². The molecule has 0 radical (unpaired) electrons. The molecule has 1 aromatic carbocycles. The van der Waals surface area contributed by atoms with E-state index in [-0.39, 0.29) is 18.6 Å². The van der Waals surface area contributed by atoms with E-state index in [1.807, 2.05) is 18.2 Å². The maximum Gasteiger partial charge on any atom is 0.251 e. The Labute approximate surface area is 187 Å². The molecule has 1 unspecified atom stereocenters. The van der Waals surface area contributed by atoms with Gasteiger partial charge in [-0.15, -0.1) is 11.3 Å². The van der Waals surface area contributed by atoms with Crippen molar-refractivity contribution in [1.82, 2.24) is 14.9 Å². The molecule has 0 aliphatic carbocycles. The summed E-state index contributed by atoms with van der Waals surface area (Å²) in [5.41, 5.74) is 2.40. The van der Waals surface area contributed by atoms with E-state index >= 15 is 0 Å². The third-order valence-electron chi connectivity index (χ3n) is 5.75. The van der Waals surface area contributed by atoms with Crippen molar-refractivity contribution < 1.29 is 14.3 Å². The van der Waals surface area contributed by atoms with Crippen LogP contribution in [0.3, 0.4) is 0 Å². The second kappa shape index (κ2) is 11.4. The van der Waals surface area contributed by atoms with E-state index in [2.05, 4.69) is 53.1 Å². The van der Waals surface area contributed by atoms with E-state index in [1.165, 1.54) is 4.88 Å². The van der Waals surface area contributed by atoms with Gasteiger partial charge in [0.15, 0.2) is 0 Å². The molecule has 0 saturated heterocycles. The number of nitrogens with zero attached hydrogens (tertiary/aromatic N) is 2. The topological polar surface area (TPSA) is 56.1 Å². The standard InChI is InChI=1S/C24H32FN3O2S/c1-4-7-9-18(16-30-25)26-24(29)17-11-12-22-21(14-17)27-23(15-20-10-8-13-31-20)28(22)19(5-2)6-3/h8,10-14,18-19H,4-7,9,15-16H2,1-3H3,(H,26,29). The lowest BCUT2D eigenvalue weighted by Gasteiger charge is -2.19. The van der Waals surface area contributed by atoms with Crippen LogP contribution in [0.5, 0.6) is 0 Å². The van der Waals surface area contributed by atoms with E-state index in [0.717, 1.165) is 49.0 Å². The van der Waals surface area contributed by atoms with E-state index in [1.54, 1.807) is 11.3 Å². The molecule has 2 heterocycles. The number of thiophene rings is 1. The molecule has 0 aliphatic rings. The first-order valence-corrected chi connectivity index (χ1v) is 12.1. The number of unbranched alkanes of at least 4 members (excludes halogenated alkanes) is 1. The Morgan fingerprint density at radius 2 is 2.06 bits per heavy atom. The molecule has 1 atom stereocenters. The Hall–Kier alpha value is -2.25. The number of hydrogen-bond donors (Lipinski definition) is 1. The summed E-state index contributed by atoms with van der Waals surface area (Å²) in [6, 6.07) is 9.87. The lowest BCUT2D eigenvalue weighted by atomic mass is 10.1. The molecule has 1 amide bonds.